The molecule has 5 nitrogen and oxygen atoms in total. The zero-order chi connectivity index (χ0) is 29.5. The van der Waals surface area contributed by atoms with Crippen LogP contribution >= 0.6 is 23.5 Å². The van der Waals surface area contributed by atoms with Crippen molar-refractivity contribution in [2.45, 2.75) is 64.0 Å². The van der Waals surface area contributed by atoms with Crippen LogP contribution in [0.25, 0.3) is 0 Å². The molecule has 3 atom stereocenters. The van der Waals surface area contributed by atoms with E-state index >= 15 is 0 Å². The highest BCUT2D eigenvalue weighted by atomic mass is 32.2. The van der Waals surface area contributed by atoms with Crippen molar-refractivity contribution in [3.63, 3.8) is 0 Å². The maximum atomic E-state index is 13.8. The Balaban J connectivity index is 1.36. The number of hydrogen-bond acceptors (Lipinski definition) is 5. The maximum absolute atomic E-state index is 13.8. The summed E-state index contributed by atoms with van der Waals surface area (Å²) in [7, 11) is 0. The molecule has 0 radical (unpaired) electrons. The van der Waals surface area contributed by atoms with Gasteiger partial charge in [-0.15, -0.1) is 6.42 Å². The summed E-state index contributed by atoms with van der Waals surface area (Å²) >= 11 is 3.39. The van der Waals surface area contributed by atoms with Crippen LogP contribution in [0.4, 0.5) is 11.4 Å². The van der Waals surface area contributed by atoms with Crippen LogP contribution in [0.15, 0.2) is 76.5 Å². The van der Waals surface area contributed by atoms with Crippen molar-refractivity contribution >= 4 is 46.7 Å². The minimum absolute atomic E-state index is 0.0895. The second-order valence-electron chi connectivity index (χ2n) is 11.5. The molecule has 2 heterocycles. The number of hydrogen-bond donors (Lipinski definition) is 3. The Morgan fingerprint density at radius 3 is 2.40 bits per heavy atom. The third-order valence-electron chi connectivity index (χ3n) is 8.74. The van der Waals surface area contributed by atoms with Gasteiger partial charge in [-0.25, -0.2) is 0 Å². The molecule has 1 saturated heterocycles. The normalized spacial score (nSPS) is 22.8. The molecular weight excluding hydrogens is 559 g/mol. The first-order valence-corrected chi connectivity index (χ1v) is 17.2. The molecule has 1 saturated carbocycles. The predicted octanol–water partition coefficient (Wildman–Crippen LogP) is 7.60. The molecule has 3 unspecified atom stereocenters. The molecule has 1 aliphatic carbocycles. The minimum Gasteiger partial charge on any atom is -0.353 e. The van der Waals surface area contributed by atoms with Crippen LogP contribution < -0.4 is 16.0 Å². The first-order valence-electron chi connectivity index (χ1n) is 15.1. The molecule has 5 rings (SSSR count). The molecule has 2 aliphatic heterocycles. The number of anilines is 2. The summed E-state index contributed by atoms with van der Waals surface area (Å²) in [6.07, 6.45) is 14.9. The summed E-state index contributed by atoms with van der Waals surface area (Å²) in [4.78, 5) is 26.7. The highest BCUT2D eigenvalue weighted by Crippen LogP contribution is 2.49. The van der Waals surface area contributed by atoms with E-state index in [0.717, 1.165) is 52.2 Å². The monoisotopic (exact) mass is 599 g/mol. The molecule has 2 aromatic rings. The van der Waals surface area contributed by atoms with Crippen molar-refractivity contribution < 1.29 is 9.59 Å². The van der Waals surface area contributed by atoms with Crippen molar-refractivity contribution in [3.05, 3.63) is 82.0 Å². The third-order valence-corrected chi connectivity index (χ3v) is 11.3. The van der Waals surface area contributed by atoms with E-state index < -0.39 is 0 Å². The lowest BCUT2D eigenvalue weighted by Gasteiger charge is -2.34. The smallest absolute Gasteiger partial charge is 0.254 e. The van der Waals surface area contributed by atoms with Crippen LogP contribution in [0, 0.1) is 30.1 Å². The zero-order valence-corrected chi connectivity index (χ0v) is 26.2. The van der Waals surface area contributed by atoms with Gasteiger partial charge in [-0.3, -0.25) is 9.59 Å². The average molecular weight is 600 g/mol. The number of amides is 2. The summed E-state index contributed by atoms with van der Waals surface area (Å²) in [5.41, 5.74) is 5.06. The molecule has 2 aromatic carbocycles. The minimum atomic E-state index is -0.203. The van der Waals surface area contributed by atoms with Crippen molar-refractivity contribution in [1.82, 2.24) is 5.32 Å². The quantitative estimate of drug-likeness (QED) is 0.259. The molecule has 0 aromatic heterocycles. The van der Waals surface area contributed by atoms with Gasteiger partial charge in [0.1, 0.15) is 0 Å². The lowest BCUT2D eigenvalue weighted by Crippen LogP contribution is -2.36. The Morgan fingerprint density at radius 2 is 1.71 bits per heavy atom. The van der Waals surface area contributed by atoms with Crippen molar-refractivity contribution in [1.29, 1.82) is 0 Å². The van der Waals surface area contributed by atoms with Gasteiger partial charge in [0, 0.05) is 39.4 Å². The van der Waals surface area contributed by atoms with Crippen LogP contribution in [0.2, 0.25) is 0 Å². The van der Waals surface area contributed by atoms with Crippen molar-refractivity contribution in [3.8, 4) is 12.3 Å². The van der Waals surface area contributed by atoms with E-state index in [1.807, 2.05) is 73.3 Å². The number of rotatable bonds is 9. The molecule has 3 N–H and O–H groups in total. The van der Waals surface area contributed by atoms with Gasteiger partial charge >= 0.3 is 0 Å². The average Bonchev–Trinajstić information content (AvgIpc) is 3.51. The van der Waals surface area contributed by atoms with Crippen LogP contribution in [-0.4, -0.2) is 28.6 Å². The number of thioether (sulfide) groups is 2. The van der Waals surface area contributed by atoms with Crippen LogP contribution in [0.5, 0.6) is 0 Å². The lowest BCUT2D eigenvalue weighted by atomic mass is 9.76. The highest BCUT2D eigenvalue weighted by molar-refractivity contribution is 8.03. The van der Waals surface area contributed by atoms with Gasteiger partial charge in [-0.05, 0) is 67.2 Å². The second kappa shape index (κ2) is 14.4. The van der Waals surface area contributed by atoms with Gasteiger partial charge < -0.3 is 16.0 Å². The van der Waals surface area contributed by atoms with E-state index in [1.165, 1.54) is 49.4 Å². The lowest BCUT2D eigenvalue weighted by molar-refractivity contribution is -0.114. The third kappa shape index (κ3) is 7.27. The van der Waals surface area contributed by atoms with Gasteiger partial charge in [0.15, 0.2) is 0 Å². The van der Waals surface area contributed by atoms with E-state index in [2.05, 4.69) is 28.8 Å². The Hall–Kier alpha value is -3.08. The molecule has 2 amide bonds. The number of carbonyl (C=O) groups is 2. The molecule has 0 bridgehead atoms. The number of aryl methyl sites for hydroxylation is 1. The van der Waals surface area contributed by atoms with Crippen LogP contribution in [0.3, 0.4) is 0 Å². The van der Waals surface area contributed by atoms with E-state index in [-0.39, 0.29) is 28.7 Å². The number of nitrogens with one attached hydrogen (secondary N) is 3. The second-order valence-corrected chi connectivity index (χ2v) is 13.8. The fourth-order valence-corrected chi connectivity index (χ4v) is 9.17. The number of allylic oxidation sites excluding steroid dienone is 2. The summed E-state index contributed by atoms with van der Waals surface area (Å²) in [5.74, 6) is 5.32. The van der Waals surface area contributed by atoms with Gasteiger partial charge in [0.05, 0.1) is 10.8 Å². The fourth-order valence-electron chi connectivity index (χ4n) is 6.50. The first-order chi connectivity index (χ1) is 20.5. The maximum Gasteiger partial charge on any atom is 0.254 e. The first kappa shape index (κ1) is 30.4. The number of benzene rings is 2. The van der Waals surface area contributed by atoms with E-state index in [1.54, 1.807) is 0 Å². The molecule has 0 spiro atoms. The van der Waals surface area contributed by atoms with E-state index in [9.17, 15) is 9.59 Å². The number of para-hydroxylation sites is 1. The van der Waals surface area contributed by atoms with Crippen molar-refractivity contribution in [2.75, 3.05) is 22.1 Å². The SMILES string of the molecule is C#CC1=C(SCC(=O)Nc2ccc(CC)cc2)NC(C)=C(C(=O)Nc2ccccc2)C1C1CC(C2CCCCC2)CS1. The Labute approximate surface area is 259 Å². The van der Waals surface area contributed by atoms with Crippen LogP contribution in [0.1, 0.15) is 57.9 Å². The Kier molecular flexibility index (Phi) is 10.4. The molecular formula is C35H41N3O2S2. The molecule has 7 heteroatoms. The largest absolute Gasteiger partial charge is 0.353 e. The molecule has 42 heavy (non-hydrogen) atoms. The van der Waals surface area contributed by atoms with Crippen molar-refractivity contribution in [2.24, 2.45) is 17.8 Å². The Morgan fingerprint density at radius 1 is 1.00 bits per heavy atom. The Bertz CT molecular complexity index is 1370. The number of dihydropyridines is 1. The van der Waals surface area contributed by atoms with Gasteiger partial charge in [0.25, 0.3) is 5.91 Å². The number of terminal acetylenes is 1. The van der Waals surface area contributed by atoms with Gasteiger partial charge in [-0.1, -0.05) is 87.0 Å². The molecule has 3 aliphatic rings. The summed E-state index contributed by atoms with van der Waals surface area (Å²) in [6, 6.07) is 17.5. The summed E-state index contributed by atoms with van der Waals surface area (Å²) in [5, 5.41) is 10.6. The topological polar surface area (TPSA) is 70.2 Å². The highest BCUT2D eigenvalue weighted by Gasteiger charge is 2.43. The van der Waals surface area contributed by atoms with E-state index in [4.69, 9.17) is 6.42 Å². The number of carbonyl (C=O) groups excluding carboxylic acids is 2. The van der Waals surface area contributed by atoms with Gasteiger partial charge in [-0.2, -0.15) is 11.8 Å². The summed E-state index contributed by atoms with van der Waals surface area (Å²) in [6.45, 7) is 4.06. The molecule has 220 valence electrons. The van der Waals surface area contributed by atoms with Crippen LogP contribution in [-0.2, 0) is 16.0 Å². The zero-order valence-electron chi connectivity index (χ0n) is 24.6. The van der Waals surface area contributed by atoms with Gasteiger partial charge in [0.2, 0.25) is 5.91 Å². The summed E-state index contributed by atoms with van der Waals surface area (Å²) < 4.78 is 0. The fraction of sp³-hybridized carbons (Fsp3) is 0.429. The molecule has 2 fully saturated rings. The standard InChI is InChI=1S/C35H41N3O2S2/c1-4-24-16-18-28(19-17-24)37-31(39)22-42-35-29(5-2)33(30-20-26(21-41-30)25-12-8-6-9-13-25)32(23(3)36-35)34(40)38-27-14-10-7-11-15-27/h2,7,10-11,14-19,25-26,30,33,36H,4,6,8-9,12-13,20-22H2,1,3H3,(H,37,39)(H,38,40). The predicted molar refractivity (Wildman–Crippen MR) is 178 cm³/mol. The van der Waals surface area contributed by atoms with E-state index in [0.29, 0.717) is 11.5 Å².